The quantitative estimate of drug-likeness (QED) is 0.631. The lowest BCUT2D eigenvalue weighted by Crippen LogP contribution is -2.09. The third-order valence-corrected chi connectivity index (χ3v) is 1.53. The van der Waals surface area contributed by atoms with Crippen LogP contribution in [0.4, 0.5) is 18.9 Å². The second kappa shape index (κ2) is 2.98. The van der Waals surface area contributed by atoms with Crippen LogP contribution < -0.4 is 5.73 Å². The molecule has 0 heterocycles. The van der Waals surface area contributed by atoms with Gasteiger partial charge in [0.15, 0.2) is 0 Å². The van der Waals surface area contributed by atoms with Crippen molar-refractivity contribution < 1.29 is 13.2 Å². The molecule has 0 amide bonds. The Morgan fingerprint density at radius 2 is 1.92 bits per heavy atom. The minimum atomic E-state index is -4.50. The van der Waals surface area contributed by atoms with Gasteiger partial charge in [0.25, 0.3) is 0 Å². The Morgan fingerprint density at radius 1 is 1.31 bits per heavy atom. The molecule has 1 aromatic rings. The molecule has 0 fully saturated rings. The SMILES string of the molecule is N#Cc1cccc(C(F)(F)F)c1N. The molecular weight excluding hydrogens is 181 g/mol. The highest BCUT2D eigenvalue weighted by molar-refractivity contribution is 5.60. The van der Waals surface area contributed by atoms with Gasteiger partial charge in [-0.15, -0.1) is 0 Å². The van der Waals surface area contributed by atoms with Crippen molar-refractivity contribution in [1.29, 1.82) is 5.26 Å². The molecule has 5 heteroatoms. The van der Waals surface area contributed by atoms with Gasteiger partial charge in [-0.25, -0.2) is 0 Å². The number of halogens is 3. The summed E-state index contributed by atoms with van der Waals surface area (Å²) in [4.78, 5) is 0. The summed E-state index contributed by atoms with van der Waals surface area (Å²) in [6, 6.07) is 4.82. The number of nitrogens with two attached hydrogens (primary N) is 1. The highest BCUT2D eigenvalue weighted by Crippen LogP contribution is 2.34. The number of rotatable bonds is 0. The largest absolute Gasteiger partial charge is 0.418 e. The van der Waals surface area contributed by atoms with E-state index in [4.69, 9.17) is 11.0 Å². The van der Waals surface area contributed by atoms with Gasteiger partial charge < -0.3 is 5.73 Å². The van der Waals surface area contributed by atoms with Gasteiger partial charge in [-0.05, 0) is 12.1 Å². The van der Waals surface area contributed by atoms with Crippen LogP contribution >= 0.6 is 0 Å². The first-order valence-electron chi connectivity index (χ1n) is 3.32. The minimum Gasteiger partial charge on any atom is -0.397 e. The predicted octanol–water partition coefficient (Wildman–Crippen LogP) is 2.16. The fourth-order valence-electron chi connectivity index (χ4n) is 0.910. The number of para-hydroxylation sites is 1. The van der Waals surface area contributed by atoms with Crippen molar-refractivity contribution in [2.24, 2.45) is 0 Å². The summed E-state index contributed by atoms with van der Waals surface area (Å²) in [5.74, 6) is 0. The van der Waals surface area contributed by atoms with E-state index in [1.165, 1.54) is 6.07 Å². The van der Waals surface area contributed by atoms with E-state index in [0.717, 1.165) is 12.1 Å². The van der Waals surface area contributed by atoms with Crippen molar-refractivity contribution in [2.45, 2.75) is 6.18 Å². The fraction of sp³-hybridized carbons (Fsp3) is 0.125. The summed E-state index contributed by atoms with van der Waals surface area (Å²) in [6.07, 6.45) is -4.50. The third-order valence-electron chi connectivity index (χ3n) is 1.53. The molecule has 1 rings (SSSR count). The molecule has 0 unspecified atom stereocenters. The van der Waals surface area contributed by atoms with E-state index in [-0.39, 0.29) is 5.56 Å². The predicted molar refractivity (Wildman–Crippen MR) is 40.6 cm³/mol. The van der Waals surface area contributed by atoms with Gasteiger partial charge in [-0.3, -0.25) is 0 Å². The first-order chi connectivity index (χ1) is 5.96. The molecule has 1 aromatic carbocycles. The van der Waals surface area contributed by atoms with Crippen molar-refractivity contribution in [2.75, 3.05) is 5.73 Å². The zero-order valence-corrected chi connectivity index (χ0v) is 6.39. The maximum atomic E-state index is 12.2. The van der Waals surface area contributed by atoms with Crippen molar-refractivity contribution in [3.8, 4) is 6.07 Å². The summed E-state index contributed by atoms with van der Waals surface area (Å²) in [7, 11) is 0. The number of benzene rings is 1. The smallest absolute Gasteiger partial charge is 0.397 e. The standard InChI is InChI=1S/C8H5F3N2/c9-8(10,11)6-3-1-2-5(4-12)7(6)13/h1-3H,13H2. The number of hydrogen-bond donors (Lipinski definition) is 1. The molecule has 2 N–H and O–H groups in total. The van der Waals surface area contributed by atoms with E-state index in [1.807, 2.05) is 0 Å². The first kappa shape index (κ1) is 9.39. The summed E-state index contributed by atoms with van der Waals surface area (Å²) >= 11 is 0. The zero-order chi connectivity index (χ0) is 10.1. The van der Waals surface area contributed by atoms with Gasteiger partial charge in [-0.1, -0.05) is 6.07 Å². The average Bonchev–Trinajstić information content (AvgIpc) is 2.02. The van der Waals surface area contributed by atoms with Crippen LogP contribution in [0.15, 0.2) is 18.2 Å². The van der Waals surface area contributed by atoms with E-state index in [0.29, 0.717) is 0 Å². The molecule has 0 aliphatic heterocycles. The van der Waals surface area contributed by atoms with Crippen LogP contribution in [-0.4, -0.2) is 0 Å². The van der Waals surface area contributed by atoms with E-state index in [2.05, 4.69) is 0 Å². The Bertz CT molecular complexity index is 363. The summed E-state index contributed by atoms with van der Waals surface area (Å²) in [6.45, 7) is 0. The maximum Gasteiger partial charge on any atom is 0.418 e. The van der Waals surface area contributed by atoms with E-state index in [9.17, 15) is 13.2 Å². The molecule has 13 heavy (non-hydrogen) atoms. The molecule has 0 aromatic heterocycles. The molecule has 0 saturated heterocycles. The van der Waals surface area contributed by atoms with E-state index < -0.39 is 17.4 Å². The Balaban J connectivity index is 3.34. The van der Waals surface area contributed by atoms with Crippen molar-refractivity contribution in [3.05, 3.63) is 29.3 Å². The van der Waals surface area contributed by atoms with Crippen LogP contribution in [-0.2, 0) is 6.18 Å². The van der Waals surface area contributed by atoms with Crippen LogP contribution in [0.2, 0.25) is 0 Å². The molecule has 2 nitrogen and oxygen atoms in total. The molecule has 0 atom stereocenters. The van der Waals surface area contributed by atoms with Gasteiger partial charge in [0.1, 0.15) is 6.07 Å². The summed E-state index contributed by atoms with van der Waals surface area (Å²) in [5, 5.41) is 8.41. The molecule has 68 valence electrons. The third kappa shape index (κ3) is 1.72. The number of nitrogens with zero attached hydrogens (tertiary/aromatic N) is 1. The van der Waals surface area contributed by atoms with Crippen molar-refractivity contribution >= 4 is 5.69 Å². The van der Waals surface area contributed by atoms with E-state index >= 15 is 0 Å². The van der Waals surface area contributed by atoms with Gasteiger partial charge in [-0.2, -0.15) is 18.4 Å². The number of anilines is 1. The van der Waals surface area contributed by atoms with Gasteiger partial charge in [0.2, 0.25) is 0 Å². The molecule has 0 aliphatic rings. The van der Waals surface area contributed by atoms with Crippen LogP contribution in [0.3, 0.4) is 0 Å². The lowest BCUT2D eigenvalue weighted by molar-refractivity contribution is -0.136. The van der Waals surface area contributed by atoms with Gasteiger partial charge in [0, 0.05) is 0 Å². The molecule has 0 spiro atoms. The molecule has 0 aliphatic carbocycles. The topological polar surface area (TPSA) is 49.8 Å². The minimum absolute atomic E-state index is 0.158. The highest BCUT2D eigenvalue weighted by Gasteiger charge is 2.33. The zero-order valence-electron chi connectivity index (χ0n) is 6.39. The maximum absolute atomic E-state index is 12.2. The Morgan fingerprint density at radius 3 is 2.38 bits per heavy atom. The van der Waals surface area contributed by atoms with Crippen molar-refractivity contribution in [1.82, 2.24) is 0 Å². The fourth-order valence-corrected chi connectivity index (χ4v) is 0.910. The van der Waals surface area contributed by atoms with Crippen LogP contribution in [0.5, 0.6) is 0 Å². The second-order valence-corrected chi connectivity index (χ2v) is 2.38. The first-order valence-corrected chi connectivity index (χ1v) is 3.32. The highest BCUT2D eigenvalue weighted by atomic mass is 19.4. The lowest BCUT2D eigenvalue weighted by Gasteiger charge is -2.09. The van der Waals surface area contributed by atoms with Crippen LogP contribution in [0.1, 0.15) is 11.1 Å². The molecular formula is C8H5F3N2. The lowest BCUT2D eigenvalue weighted by atomic mass is 10.1. The van der Waals surface area contributed by atoms with Crippen molar-refractivity contribution in [3.63, 3.8) is 0 Å². The van der Waals surface area contributed by atoms with E-state index in [1.54, 1.807) is 6.07 Å². The molecule has 0 saturated carbocycles. The van der Waals surface area contributed by atoms with Gasteiger partial charge >= 0.3 is 6.18 Å². The molecule has 0 bridgehead atoms. The Kier molecular flexibility index (Phi) is 2.15. The summed E-state index contributed by atoms with van der Waals surface area (Å²) in [5.41, 5.74) is 3.50. The summed E-state index contributed by atoms with van der Waals surface area (Å²) < 4.78 is 36.5. The molecule has 0 radical (unpaired) electrons. The Hall–Kier alpha value is -1.70. The monoisotopic (exact) mass is 186 g/mol. The number of hydrogen-bond acceptors (Lipinski definition) is 2. The average molecular weight is 186 g/mol. The van der Waals surface area contributed by atoms with Crippen LogP contribution in [0, 0.1) is 11.3 Å². The number of nitrogen functional groups attached to an aromatic ring is 1. The Labute approximate surface area is 72.4 Å². The van der Waals surface area contributed by atoms with Gasteiger partial charge in [0.05, 0.1) is 16.8 Å². The van der Waals surface area contributed by atoms with Crippen LogP contribution in [0.25, 0.3) is 0 Å². The number of alkyl halides is 3. The normalized spacial score (nSPS) is 10.9. The number of nitriles is 1. The second-order valence-electron chi connectivity index (χ2n) is 2.38.